The molecule has 0 bridgehead atoms. The molecule has 0 radical (unpaired) electrons. The van der Waals surface area contributed by atoms with Gasteiger partial charge in [0.05, 0.1) is 12.1 Å². The molecular formula is C15H20FNO4. The SMILES string of the molecule is CC(Oc1ccc(F)cc1)C(=O)NC1(CO)CCOCC1. The van der Waals surface area contributed by atoms with Crippen LogP contribution in [0.5, 0.6) is 5.75 Å². The number of carbonyl (C=O) groups is 1. The van der Waals surface area contributed by atoms with Crippen molar-refractivity contribution in [1.29, 1.82) is 0 Å². The highest BCUT2D eigenvalue weighted by Crippen LogP contribution is 2.21. The van der Waals surface area contributed by atoms with Crippen LogP contribution in [0.3, 0.4) is 0 Å². The first-order valence-electron chi connectivity index (χ1n) is 6.97. The molecule has 1 atom stereocenters. The largest absolute Gasteiger partial charge is 0.481 e. The van der Waals surface area contributed by atoms with Crippen molar-refractivity contribution in [1.82, 2.24) is 5.32 Å². The van der Waals surface area contributed by atoms with Crippen molar-refractivity contribution in [2.75, 3.05) is 19.8 Å². The molecule has 1 unspecified atom stereocenters. The quantitative estimate of drug-likeness (QED) is 0.858. The minimum absolute atomic E-state index is 0.134. The van der Waals surface area contributed by atoms with Crippen molar-refractivity contribution >= 4 is 5.91 Å². The molecule has 2 N–H and O–H groups in total. The normalized spacial score (nSPS) is 18.8. The van der Waals surface area contributed by atoms with Crippen LogP contribution in [0, 0.1) is 5.82 Å². The smallest absolute Gasteiger partial charge is 0.261 e. The molecule has 0 aliphatic carbocycles. The van der Waals surface area contributed by atoms with Crippen molar-refractivity contribution in [2.45, 2.75) is 31.4 Å². The number of carbonyl (C=O) groups excluding carboxylic acids is 1. The molecule has 1 saturated heterocycles. The van der Waals surface area contributed by atoms with Gasteiger partial charge in [0.25, 0.3) is 5.91 Å². The van der Waals surface area contributed by atoms with Crippen molar-refractivity contribution in [3.8, 4) is 5.75 Å². The Morgan fingerprint density at radius 3 is 2.62 bits per heavy atom. The van der Waals surface area contributed by atoms with Crippen LogP contribution in [0.15, 0.2) is 24.3 Å². The molecule has 1 aliphatic rings. The predicted molar refractivity (Wildman–Crippen MR) is 74.5 cm³/mol. The zero-order valence-corrected chi connectivity index (χ0v) is 12.0. The van der Waals surface area contributed by atoms with Crippen molar-refractivity contribution in [2.24, 2.45) is 0 Å². The Labute approximate surface area is 123 Å². The Morgan fingerprint density at radius 1 is 1.43 bits per heavy atom. The number of hydrogen-bond donors (Lipinski definition) is 2. The maximum Gasteiger partial charge on any atom is 0.261 e. The molecule has 0 saturated carbocycles. The molecule has 1 fully saturated rings. The van der Waals surface area contributed by atoms with E-state index in [1.54, 1.807) is 6.92 Å². The van der Waals surface area contributed by atoms with E-state index in [9.17, 15) is 14.3 Å². The highest BCUT2D eigenvalue weighted by Gasteiger charge is 2.35. The number of ether oxygens (including phenoxy) is 2. The number of hydrogen-bond acceptors (Lipinski definition) is 4. The third-order valence-electron chi connectivity index (χ3n) is 3.64. The minimum Gasteiger partial charge on any atom is -0.481 e. The van der Waals surface area contributed by atoms with Crippen molar-refractivity contribution < 1.29 is 23.8 Å². The van der Waals surface area contributed by atoms with Crippen LogP contribution in [0.4, 0.5) is 4.39 Å². The van der Waals surface area contributed by atoms with E-state index in [0.717, 1.165) is 0 Å². The van der Waals surface area contributed by atoms with Gasteiger partial charge in [-0.15, -0.1) is 0 Å². The summed E-state index contributed by atoms with van der Waals surface area (Å²) in [5.41, 5.74) is -0.643. The van der Waals surface area contributed by atoms with Crippen LogP contribution in [-0.2, 0) is 9.53 Å². The molecule has 1 aromatic carbocycles. The maximum atomic E-state index is 12.8. The number of aliphatic hydroxyl groups excluding tert-OH is 1. The van der Waals surface area contributed by atoms with Crippen LogP contribution >= 0.6 is 0 Å². The second-order valence-electron chi connectivity index (χ2n) is 5.25. The average molecular weight is 297 g/mol. The summed E-state index contributed by atoms with van der Waals surface area (Å²) in [7, 11) is 0. The highest BCUT2D eigenvalue weighted by atomic mass is 19.1. The Morgan fingerprint density at radius 2 is 2.05 bits per heavy atom. The van der Waals surface area contributed by atoms with Gasteiger partial charge in [-0.3, -0.25) is 4.79 Å². The zero-order valence-electron chi connectivity index (χ0n) is 12.0. The molecule has 1 aliphatic heterocycles. The molecular weight excluding hydrogens is 277 g/mol. The Balaban J connectivity index is 1.93. The number of amides is 1. The molecule has 6 heteroatoms. The van der Waals surface area contributed by atoms with Gasteiger partial charge in [-0.05, 0) is 44.0 Å². The average Bonchev–Trinajstić information content (AvgIpc) is 2.50. The molecule has 0 spiro atoms. The molecule has 1 heterocycles. The maximum absolute atomic E-state index is 12.8. The van der Waals surface area contributed by atoms with Crippen LogP contribution in [0.25, 0.3) is 0 Å². The summed E-state index contributed by atoms with van der Waals surface area (Å²) in [5.74, 6) is -0.250. The van der Waals surface area contributed by atoms with Gasteiger partial charge in [0.1, 0.15) is 11.6 Å². The van der Waals surface area contributed by atoms with E-state index >= 15 is 0 Å². The molecule has 2 rings (SSSR count). The van der Waals surface area contributed by atoms with E-state index in [1.807, 2.05) is 0 Å². The summed E-state index contributed by atoms with van der Waals surface area (Å²) in [4.78, 5) is 12.2. The lowest BCUT2D eigenvalue weighted by molar-refractivity contribution is -0.131. The number of halogens is 1. The van der Waals surface area contributed by atoms with Gasteiger partial charge in [-0.2, -0.15) is 0 Å². The van der Waals surface area contributed by atoms with E-state index in [0.29, 0.717) is 31.8 Å². The number of nitrogens with one attached hydrogen (secondary N) is 1. The van der Waals surface area contributed by atoms with Gasteiger partial charge in [-0.25, -0.2) is 4.39 Å². The van der Waals surface area contributed by atoms with Gasteiger partial charge in [0.2, 0.25) is 0 Å². The van der Waals surface area contributed by atoms with Gasteiger partial charge in [-0.1, -0.05) is 0 Å². The lowest BCUT2D eigenvalue weighted by atomic mass is 9.91. The van der Waals surface area contributed by atoms with Gasteiger partial charge in [0.15, 0.2) is 6.10 Å². The fourth-order valence-electron chi connectivity index (χ4n) is 2.22. The molecule has 1 aromatic rings. The third kappa shape index (κ3) is 4.15. The van der Waals surface area contributed by atoms with Crippen LogP contribution in [0.2, 0.25) is 0 Å². The predicted octanol–water partition coefficient (Wildman–Crippen LogP) is 1.25. The molecule has 21 heavy (non-hydrogen) atoms. The molecule has 1 amide bonds. The van der Waals surface area contributed by atoms with E-state index in [-0.39, 0.29) is 18.3 Å². The first kappa shape index (κ1) is 15.7. The third-order valence-corrected chi connectivity index (χ3v) is 3.64. The monoisotopic (exact) mass is 297 g/mol. The first-order chi connectivity index (χ1) is 10.0. The van der Waals surface area contributed by atoms with Crippen LogP contribution in [0.1, 0.15) is 19.8 Å². The van der Waals surface area contributed by atoms with Crippen LogP contribution in [-0.4, -0.2) is 42.5 Å². The summed E-state index contributed by atoms with van der Waals surface area (Å²) >= 11 is 0. The van der Waals surface area contributed by atoms with E-state index in [4.69, 9.17) is 9.47 Å². The van der Waals surface area contributed by atoms with E-state index in [2.05, 4.69) is 5.32 Å². The van der Waals surface area contributed by atoms with E-state index < -0.39 is 11.6 Å². The Hall–Kier alpha value is -1.66. The summed E-state index contributed by atoms with van der Waals surface area (Å²) < 4.78 is 23.5. The standard InChI is InChI=1S/C15H20FNO4/c1-11(21-13-4-2-12(16)3-5-13)14(19)17-15(10-18)6-8-20-9-7-15/h2-5,11,18H,6-10H2,1H3,(H,17,19). The number of rotatable bonds is 5. The summed E-state index contributed by atoms with van der Waals surface area (Å²) in [6.07, 6.45) is 0.401. The summed E-state index contributed by atoms with van der Waals surface area (Å²) in [6.45, 7) is 2.50. The Kier molecular flexibility index (Phi) is 5.14. The summed E-state index contributed by atoms with van der Waals surface area (Å²) in [5, 5.41) is 12.4. The zero-order chi connectivity index (χ0) is 15.3. The highest BCUT2D eigenvalue weighted by molar-refractivity contribution is 5.81. The number of benzene rings is 1. The lowest BCUT2D eigenvalue weighted by Gasteiger charge is -2.37. The summed E-state index contributed by atoms with van der Waals surface area (Å²) in [6, 6.07) is 5.48. The molecule has 5 nitrogen and oxygen atoms in total. The molecule has 0 aromatic heterocycles. The second-order valence-corrected chi connectivity index (χ2v) is 5.25. The van der Waals surface area contributed by atoms with Crippen molar-refractivity contribution in [3.05, 3.63) is 30.1 Å². The van der Waals surface area contributed by atoms with Gasteiger partial charge < -0.3 is 19.9 Å². The number of aliphatic hydroxyl groups is 1. The lowest BCUT2D eigenvalue weighted by Crippen LogP contribution is -2.57. The first-order valence-corrected chi connectivity index (χ1v) is 6.97. The topological polar surface area (TPSA) is 67.8 Å². The van der Waals surface area contributed by atoms with Gasteiger partial charge >= 0.3 is 0 Å². The van der Waals surface area contributed by atoms with Gasteiger partial charge in [0, 0.05) is 13.2 Å². The van der Waals surface area contributed by atoms with Crippen molar-refractivity contribution in [3.63, 3.8) is 0 Å². The van der Waals surface area contributed by atoms with E-state index in [1.165, 1.54) is 24.3 Å². The second kappa shape index (κ2) is 6.87. The Bertz CT molecular complexity index is 471. The minimum atomic E-state index is -0.735. The molecule has 116 valence electrons. The van der Waals surface area contributed by atoms with Crippen LogP contribution < -0.4 is 10.1 Å². The fourth-order valence-corrected chi connectivity index (χ4v) is 2.22. The fraction of sp³-hybridized carbons (Fsp3) is 0.533.